The van der Waals surface area contributed by atoms with Gasteiger partial charge in [-0.3, -0.25) is 29.4 Å². The van der Waals surface area contributed by atoms with Crippen LogP contribution >= 0.6 is 11.8 Å². The zero-order valence-electron chi connectivity index (χ0n) is 28.4. The first-order chi connectivity index (χ1) is 23.3. The molecule has 3 amide bonds. The Morgan fingerprint density at radius 1 is 1.16 bits per heavy atom. The zero-order valence-corrected chi connectivity index (χ0v) is 30.1. The van der Waals surface area contributed by atoms with Crippen LogP contribution in [0.4, 0.5) is 5.69 Å². The Morgan fingerprint density at radius 3 is 2.34 bits per heavy atom. The predicted molar refractivity (Wildman–Crippen MR) is 180 cm³/mol. The molecule has 0 unspecified atom stereocenters. The van der Waals surface area contributed by atoms with Gasteiger partial charge in [-0.2, -0.15) is 0 Å². The number of benzene rings is 1. The molecule has 4 heterocycles. The second-order valence-corrected chi connectivity index (χ2v) is 17.0. The highest BCUT2D eigenvalue weighted by Gasteiger charge is 2.61. The van der Waals surface area contributed by atoms with Gasteiger partial charge in [0.2, 0.25) is 21.8 Å². The van der Waals surface area contributed by atoms with E-state index in [9.17, 15) is 42.5 Å². The van der Waals surface area contributed by atoms with Crippen molar-refractivity contribution in [2.75, 3.05) is 59.6 Å². The van der Waals surface area contributed by atoms with E-state index in [2.05, 4.69) is 4.72 Å². The van der Waals surface area contributed by atoms with Gasteiger partial charge in [-0.05, 0) is 32.5 Å². The van der Waals surface area contributed by atoms with E-state index < -0.39 is 68.7 Å². The lowest BCUT2D eigenvalue weighted by Gasteiger charge is -2.47. The van der Waals surface area contributed by atoms with E-state index in [1.54, 1.807) is 11.8 Å². The molecule has 3 N–H and O–H groups in total. The normalized spacial score (nSPS) is 27.1. The maximum Gasteiger partial charge on any atom is 0.363 e. The number of sulfonamides is 1. The first kappa shape index (κ1) is 37.3. The highest BCUT2D eigenvalue weighted by Crippen LogP contribution is 2.52. The van der Waals surface area contributed by atoms with Crippen molar-refractivity contribution in [3.05, 3.63) is 50.5 Å². The number of quaternary nitrogens is 1. The Bertz CT molecular complexity index is 1740. The van der Waals surface area contributed by atoms with E-state index in [-0.39, 0.29) is 34.6 Å². The Kier molecular flexibility index (Phi) is 10.5. The van der Waals surface area contributed by atoms with Crippen molar-refractivity contribution in [3.8, 4) is 0 Å². The Balaban J connectivity index is 1.35. The topological polar surface area (TPSA) is 220 Å². The summed E-state index contributed by atoms with van der Waals surface area (Å²) < 4.78 is 32.1. The van der Waals surface area contributed by atoms with Gasteiger partial charge < -0.3 is 24.8 Å². The molecule has 0 aromatic heterocycles. The monoisotopic (exact) mass is 736 g/mol. The number of nitro groups is 1. The number of rotatable bonds is 11. The van der Waals surface area contributed by atoms with Crippen molar-refractivity contribution in [1.82, 2.24) is 19.4 Å². The molecule has 0 radical (unpaired) electrons. The number of ether oxygens (including phenoxy) is 1. The number of nitrogens with one attached hydrogen (secondary N) is 1. The van der Waals surface area contributed by atoms with Crippen LogP contribution in [-0.2, 0) is 33.9 Å². The SMILES string of the molecule is C[C@@H](NS(C)(=O)=O)[C@H]1C(=O)N2C(C(=O)OC(=O)c3ccc([N+](=O)[O-])cc3)=C(S[C@H]3C[C@@H](C(=O)N4CC[N+](C)(CC(N)=O)CC4)N(C)C3)[C@H](C)[C@H]12. The number of hydrogen-bond donors (Lipinski definition) is 2. The smallest absolute Gasteiger partial charge is 0.363 e. The Morgan fingerprint density at radius 2 is 1.78 bits per heavy atom. The molecule has 3 saturated heterocycles. The largest absolute Gasteiger partial charge is 0.385 e. The summed E-state index contributed by atoms with van der Waals surface area (Å²) >= 11 is 1.34. The lowest BCUT2D eigenvalue weighted by atomic mass is 9.78. The van der Waals surface area contributed by atoms with Gasteiger partial charge in [-0.15, -0.1) is 11.8 Å². The number of carbonyl (C=O) groups excluding carboxylic acids is 5. The molecule has 0 aliphatic carbocycles. The molecule has 4 aliphatic heterocycles. The number of hydrogen-bond acceptors (Lipinski definition) is 12. The number of nitrogens with two attached hydrogens (primary N) is 1. The summed E-state index contributed by atoms with van der Waals surface area (Å²) in [4.78, 5) is 81.3. The second kappa shape index (κ2) is 14.0. The first-order valence-electron chi connectivity index (χ1n) is 16.1. The van der Waals surface area contributed by atoms with Crippen LogP contribution in [0.25, 0.3) is 0 Å². The highest BCUT2D eigenvalue weighted by atomic mass is 32.2. The van der Waals surface area contributed by atoms with Gasteiger partial charge in [0.05, 0.1) is 68.0 Å². The second-order valence-electron chi connectivity index (χ2n) is 13.8. The lowest BCUT2D eigenvalue weighted by Crippen LogP contribution is -2.66. The molecular formula is C31H42N7O10S2+. The number of amides is 3. The molecule has 0 spiro atoms. The molecule has 0 saturated carbocycles. The van der Waals surface area contributed by atoms with Gasteiger partial charge in [-0.25, -0.2) is 22.7 Å². The van der Waals surface area contributed by atoms with E-state index in [0.29, 0.717) is 48.5 Å². The summed E-state index contributed by atoms with van der Waals surface area (Å²) in [5.74, 6) is -4.30. The third kappa shape index (κ3) is 7.56. The summed E-state index contributed by atoms with van der Waals surface area (Å²) in [6.07, 6.45) is 1.43. The van der Waals surface area contributed by atoms with Gasteiger partial charge in [0, 0.05) is 40.8 Å². The first-order valence-corrected chi connectivity index (χ1v) is 18.9. The number of carbonyl (C=O) groups is 5. The fraction of sp³-hybridized carbons (Fsp3) is 0.581. The minimum atomic E-state index is -3.65. The number of nitro benzene ring substituents is 1. The van der Waals surface area contributed by atoms with Crippen molar-refractivity contribution in [3.63, 3.8) is 0 Å². The van der Waals surface area contributed by atoms with Crippen molar-refractivity contribution >= 4 is 57.1 Å². The molecule has 1 aromatic carbocycles. The van der Waals surface area contributed by atoms with E-state index in [4.69, 9.17) is 10.5 Å². The number of likely N-dealkylation sites (tertiary alicyclic amines) is 1. The summed E-state index contributed by atoms with van der Waals surface area (Å²) in [5, 5.41) is 10.8. The molecule has 5 rings (SSSR count). The molecular weight excluding hydrogens is 695 g/mol. The number of β-lactam (4-membered cyclic amide) rings is 1. The van der Waals surface area contributed by atoms with Gasteiger partial charge in [-0.1, -0.05) is 6.92 Å². The van der Waals surface area contributed by atoms with Gasteiger partial charge in [0.15, 0.2) is 6.54 Å². The van der Waals surface area contributed by atoms with Crippen LogP contribution in [0.2, 0.25) is 0 Å². The lowest BCUT2D eigenvalue weighted by molar-refractivity contribution is -0.905. The molecule has 3 fully saturated rings. The summed E-state index contributed by atoms with van der Waals surface area (Å²) in [6, 6.07) is 2.71. The highest BCUT2D eigenvalue weighted by molar-refractivity contribution is 8.03. The number of likely N-dealkylation sites (N-methyl/N-ethyl adjacent to an activating group) is 2. The molecule has 4 aliphatic rings. The number of fused-ring (bicyclic) bond motifs is 1. The maximum atomic E-state index is 13.7. The summed E-state index contributed by atoms with van der Waals surface area (Å²) in [5.41, 5.74) is 4.94. The summed E-state index contributed by atoms with van der Waals surface area (Å²) in [7, 11) is 0.130. The maximum absolute atomic E-state index is 13.7. The number of primary amides is 1. The molecule has 272 valence electrons. The molecule has 50 heavy (non-hydrogen) atoms. The third-order valence-electron chi connectivity index (χ3n) is 9.98. The van der Waals surface area contributed by atoms with E-state index in [1.165, 1.54) is 16.7 Å². The fourth-order valence-electron chi connectivity index (χ4n) is 7.43. The molecule has 19 heteroatoms. The van der Waals surface area contributed by atoms with Crippen molar-refractivity contribution in [2.45, 2.75) is 43.6 Å². The van der Waals surface area contributed by atoms with Crippen LogP contribution < -0.4 is 10.5 Å². The Hall–Kier alpha value is -3.91. The number of esters is 2. The van der Waals surface area contributed by atoms with E-state index >= 15 is 0 Å². The van der Waals surface area contributed by atoms with Crippen LogP contribution in [0.5, 0.6) is 0 Å². The molecule has 0 bridgehead atoms. The minimum Gasteiger partial charge on any atom is -0.385 e. The molecule has 17 nitrogen and oxygen atoms in total. The van der Waals surface area contributed by atoms with Crippen LogP contribution in [0.1, 0.15) is 30.6 Å². The third-order valence-corrected chi connectivity index (χ3v) is 12.3. The van der Waals surface area contributed by atoms with Crippen LogP contribution in [-0.4, -0.2) is 145 Å². The van der Waals surface area contributed by atoms with Gasteiger partial charge >= 0.3 is 11.9 Å². The number of nitrogens with zero attached hydrogens (tertiary/aromatic N) is 5. The van der Waals surface area contributed by atoms with Crippen LogP contribution in [0.15, 0.2) is 34.9 Å². The standard InChI is InChI=1S/C31H41N7O10S2/c1-17-25-24(18(2)33-50(5,46)47)29(41)36(25)26(31(43)48-30(42)19-6-8-20(9-7-19)37(44)45)27(17)49-21-14-22(34(3)15-21)28(40)35-10-12-38(4,13-11-35)16-23(32)39/h6-9,17-18,21-22,24-25,33H,10-16H2,1-5H3,(H-,32,39)/p+1/t17-,18-,21+,22+,24-,25-/m1/s1. The average Bonchev–Trinajstić information content (AvgIpc) is 3.50. The molecule has 6 atom stereocenters. The molecule has 1 aromatic rings. The van der Waals surface area contributed by atoms with Crippen molar-refractivity contribution in [2.24, 2.45) is 17.6 Å². The van der Waals surface area contributed by atoms with Gasteiger partial charge in [0.25, 0.3) is 11.6 Å². The predicted octanol–water partition coefficient (Wildman–Crippen LogP) is -0.516. The Labute approximate surface area is 293 Å². The number of non-ortho nitro benzene ring substituents is 1. The quantitative estimate of drug-likeness (QED) is 0.0733. The van der Waals surface area contributed by atoms with Crippen LogP contribution in [0, 0.1) is 22.0 Å². The van der Waals surface area contributed by atoms with Crippen LogP contribution in [0.3, 0.4) is 0 Å². The average molecular weight is 737 g/mol. The van der Waals surface area contributed by atoms with E-state index in [1.807, 2.05) is 25.9 Å². The zero-order chi connectivity index (χ0) is 36.9. The number of thioether (sulfide) groups is 1. The fourth-order valence-corrected chi connectivity index (χ4v) is 9.85. The van der Waals surface area contributed by atoms with Crippen molar-refractivity contribution < 1.29 is 46.5 Å². The minimum absolute atomic E-state index is 0.0394. The summed E-state index contributed by atoms with van der Waals surface area (Å²) in [6.45, 7) is 6.23. The number of piperazine rings is 1. The van der Waals surface area contributed by atoms with E-state index in [0.717, 1.165) is 30.5 Å². The van der Waals surface area contributed by atoms with Gasteiger partial charge in [0.1, 0.15) is 5.70 Å². The van der Waals surface area contributed by atoms with Crippen molar-refractivity contribution in [1.29, 1.82) is 0 Å².